The summed E-state index contributed by atoms with van der Waals surface area (Å²) in [5.74, 6) is 0.879. The Labute approximate surface area is 387 Å². The van der Waals surface area contributed by atoms with Crippen molar-refractivity contribution in [2.45, 2.75) is 0 Å². The lowest BCUT2D eigenvalue weighted by molar-refractivity contribution is 1.06. The number of rotatable bonds is 7. The van der Waals surface area contributed by atoms with Gasteiger partial charge in [0.05, 0.1) is 55.5 Å². The van der Waals surface area contributed by atoms with E-state index in [-0.39, 0.29) is 0 Å². The fourth-order valence-electron chi connectivity index (χ4n) is 11.3. The lowest BCUT2D eigenvalue weighted by atomic mass is 10.1. The van der Waals surface area contributed by atoms with Gasteiger partial charge < -0.3 is 9.13 Å². The number of hydrogen-bond donors (Lipinski definition) is 0. The lowest BCUT2D eigenvalue weighted by Gasteiger charge is -2.34. The molecule has 4 aromatic heterocycles. The molecule has 0 atom stereocenters. The van der Waals surface area contributed by atoms with Crippen LogP contribution >= 0.6 is 0 Å². The van der Waals surface area contributed by atoms with Crippen LogP contribution in [0.3, 0.4) is 0 Å². The van der Waals surface area contributed by atoms with E-state index < -0.39 is 8.07 Å². The van der Waals surface area contributed by atoms with Crippen LogP contribution in [0.2, 0.25) is 0 Å². The first-order chi connectivity index (χ1) is 33.3. The topological polar surface area (TPSA) is 32.1 Å². The van der Waals surface area contributed by atoms with Crippen LogP contribution < -0.4 is 20.7 Å². The molecule has 0 radical (unpaired) electrons. The van der Waals surface area contributed by atoms with Crippen molar-refractivity contribution in [3.05, 3.63) is 249 Å². The third-order valence-corrected chi connectivity index (χ3v) is 18.9. The number of hydrogen-bond acceptors (Lipinski definition) is 1. The first-order valence-corrected chi connectivity index (χ1v) is 25.0. The van der Waals surface area contributed by atoms with Gasteiger partial charge in [-0.15, -0.1) is 0 Å². The van der Waals surface area contributed by atoms with E-state index in [1.165, 1.54) is 42.3 Å². The summed E-state index contributed by atoms with van der Waals surface area (Å²) in [6.45, 7) is 0. The molecule has 67 heavy (non-hydrogen) atoms. The van der Waals surface area contributed by atoms with Gasteiger partial charge >= 0.3 is 0 Å². The molecule has 0 amide bonds. The van der Waals surface area contributed by atoms with E-state index in [0.717, 1.165) is 67.0 Å². The van der Waals surface area contributed by atoms with Crippen molar-refractivity contribution in [2.75, 3.05) is 0 Å². The summed E-state index contributed by atoms with van der Waals surface area (Å²) < 4.78 is 9.69. The van der Waals surface area contributed by atoms with Crippen LogP contribution in [0, 0.1) is 0 Å². The van der Waals surface area contributed by atoms with E-state index in [4.69, 9.17) is 4.98 Å². The van der Waals surface area contributed by atoms with E-state index in [0.29, 0.717) is 0 Å². The molecule has 14 aromatic rings. The Balaban J connectivity index is 1.12. The molecule has 10 aromatic carbocycles. The highest BCUT2D eigenvalue weighted by molar-refractivity contribution is 7.19. The smallest absolute Gasteiger partial charge is 0.220 e. The highest BCUT2D eigenvalue weighted by atomic mass is 28.3. The monoisotopic (exact) mass is 871 g/mol. The van der Waals surface area contributed by atoms with Crippen molar-refractivity contribution in [1.82, 2.24) is 23.1 Å². The first-order valence-electron chi connectivity index (χ1n) is 23.0. The summed E-state index contributed by atoms with van der Waals surface area (Å²) in [7, 11) is -2.84. The third-order valence-electron chi connectivity index (χ3n) is 14.1. The standard InChI is InChI=1S/C61H41N5Si/c1-4-22-43(23-5-1)67(44-24-6-2-7-25-44,45-26-8-3-9-27-45)46-28-20-21-42(39-46)63-52-33-14-12-31-49(52)50-40-59(66-57-38-19-18-37-56(57)65-55-36-17-13-32-51(55)62-61(65)66)60(41-58(50)63)64-53-34-15-10-29-47(53)48-30-11-16-35-54(48)64/h1-41H. The molecule has 0 saturated carbocycles. The summed E-state index contributed by atoms with van der Waals surface area (Å²) in [5, 5.41) is 10.2. The van der Waals surface area contributed by atoms with Crippen LogP contribution in [0.4, 0.5) is 0 Å². The number of imidazole rings is 2. The molecule has 314 valence electrons. The minimum atomic E-state index is -2.84. The zero-order valence-corrected chi connectivity index (χ0v) is 37.4. The minimum absolute atomic E-state index is 0.879. The van der Waals surface area contributed by atoms with Crippen LogP contribution in [-0.2, 0) is 0 Å². The van der Waals surface area contributed by atoms with Crippen molar-refractivity contribution < 1.29 is 0 Å². The average Bonchev–Trinajstić information content (AvgIpc) is 4.13. The number of para-hydroxylation sites is 7. The number of fused-ring (bicyclic) bond motifs is 11. The van der Waals surface area contributed by atoms with E-state index in [1.54, 1.807) is 0 Å². The molecule has 0 bridgehead atoms. The van der Waals surface area contributed by atoms with Gasteiger partial charge in [-0.25, -0.2) is 4.98 Å². The van der Waals surface area contributed by atoms with Gasteiger partial charge in [-0.1, -0.05) is 182 Å². The third kappa shape index (κ3) is 5.39. The minimum Gasteiger partial charge on any atom is -0.309 e. The molecule has 0 aliphatic carbocycles. The molecule has 14 rings (SSSR count). The van der Waals surface area contributed by atoms with Gasteiger partial charge in [-0.3, -0.25) is 8.97 Å². The second kappa shape index (κ2) is 14.7. The molecule has 0 aliphatic heterocycles. The van der Waals surface area contributed by atoms with E-state index in [2.05, 4.69) is 267 Å². The second-order valence-electron chi connectivity index (χ2n) is 17.5. The molecule has 0 spiro atoms. The van der Waals surface area contributed by atoms with Gasteiger partial charge in [-0.05, 0) is 87.5 Å². The maximum absolute atomic E-state index is 5.39. The molecule has 0 unspecified atom stereocenters. The number of nitrogens with zero attached hydrogens (tertiary/aromatic N) is 5. The Morgan fingerprint density at radius 1 is 0.284 bits per heavy atom. The molecule has 0 fully saturated rings. The summed E-state index contributed by atoms with van der Waals surface area (Å²) >= 11 is 0. The second-order valence-corrected chi connectivity index (χ2v) is 21.3. The summed E-state index contributed by atoms with van der Waals surface area (Å²) in [6, 6.07) is 91.6. The zero-order valence-electron chi connectivity index (χ0n) is 36.4. The van der Waals surface area contributed by atoms with Crippen molar-refractivity contribution >= 4 is 100 Å². The molecule has 0 aliphatic rings. The fourth-order valence-corrected chi connectivity index (χ4v) is 16.1. The molecule has 0 saturated heterocycles. The van der Waals surface area contributed by atoms with Gasteiger partial charge in [0.1, 0.15) is 0 Å². The van der Waals surface area contributed by atoms with Crippen LogP contribution in [0.25, 0.3) is 88.5 Å². The number of benzene rings is 10. The normalized spacial score (nSPS) is 12.2. The molecule has 4 heterocycles. The van der Waals surface area contributed by atoms with Crippen molar-refractivity contribution in [3.8, 4) is 17.1 Å². The number of aromatic nitrogens is 5. The van der Waals surface area contributed by atoms with Gasteiger partial charge in [0, 0.05) is 27.2 Å². The lowest BCUT2D eigenvalue weighted by Crippen LogP contribution is -2.74. The largest absolute Gasteiger partial charge is 0.309 e. The first kappa shape index (κ1) is 37.6. The summed E-state index contributed by atoms with van der Waals surface area (Å²) in [5.41, 5.74) is 12.1. The van der Waals surface area contributed by atoms with E-state index in [1.807, 2.05) is 0 Å². The van der Waals surface area contributed by atoms with Crippen LogP contribution in [0.5, 0.6) is 0 Å². The highest BCUT2D eigenvalue weighted by Gasteiger charge is 2.41. The Bertz CT molecular complexity index is 4070. The molecular formula is C61H41N5Si. The molecule has 6 heteroatoms. The Kier molecular flexibility index (Phi) is 8.23. The molecule has 5 nitrogen and oxygen atoms in total. The summed E-state index contributed by atoms with van der Waals surface area (Å²) in [4.78, 5) is 5.39. The van der Waals surface area contributed by atoms with Gasteiger partial charge in [-0.2, -0.15) is 0 Å². The fraction of sp³-hybridized carbons (Fsp3) is 0. The Morgan fingerprint density at radius 3 is 1.33 bits per heavy atom. The quantitative estimate of drug-likeness (QED) is 0.116. The van der Waals surface area contributed by atoms with E-state index in [9.17, 15) is 0 Å². The maximum Gasteiger partial charge on any atom is 0.220 e. The Morgan fingerprint density at radius 2 is 0.731 bits per heavy atom. The SMILES string of the molecule is c1ccc([Si](c2ccccc2)(c2ccccc2)c2cccc(-n3c4ccccc4c4cc(-n5c6ccccc6n6c7ccccc7nc56)c(-n5c6ccccc6c6ccccc65)cc43)c2)cc1. The van der Waals surface area contributed by atoms with Crippen LogP contribution in [-0.4, -0.2) is 31.2 Å². The Hall–Kier alpha value is -8.71. The van der Waals surface area contributed by atoms with Crippen molar-refractivity contribution in [2.24, 2.45) is 0 Å². The van der Waals surface area contributed by atoms with Crippen LogP contribution in [0.15, 0.2) is 249 Å². The van der Waals surface area contributed by atoms with Crippen molar-refractivity contribution in [3.63, 3.8) is 0 Å². The predicted octanol–water partition coefficient (Wildman–Crippen LogP) is 12.0. The van der Waals surface area contributed by atoms with Crippen molar-refractivity contribution in [1.29, 1.82) is 0 Å². The average molecular weight is 872 g/mol. The van der Waals surface area contributed by atoms with E-state index >= 15 is 0 Å². The van der Waals surface area contributed by atoms with Gasteiger partial charge in [0.25, 0.3) is 0 Å². The molecule has 0 N–H and O–H groups in total. The zero-order chi connectivity index (χ0) is 44.1. The highest BCUT2D eigenvalue weighted by Crippen LogP contribution is 2.41. The maximum atomic E-state index is 5.39. The summed E-state index contributed by atoms with van der Waals surface area (Å²) in [6.07, 6.45) is 0. The van der Waals surface area contributed by atoms with Gasteiger partial charge in [0.15, 0.2) is 8.07 Å². The van der Waals surface area contributed by atoms with Gasteiger partial charge in [0.2, 0.25) is 5.78 Å². The molecular weight excluding hydrogens is 831 g/mol. The predicted molar refractivity (Wildman–Crippen MR) is 282 cm³/mol. The van der Waals surface area contributed by atoms with Crippen LogP contribution in [0.1, 0.15) is 0 Å².